The molecule has 0 unspecified atom stereocenters. The van der Waals surface area contributed by atoms with E-state index in [1.54, 1.807) is 0 Å². The highest BCUT2D eigenvalue weighted by molar-refractivity contribution is 5.60. The predicted octanol–water partition coefficient (Wildman–Crippen LogP) is 3.08. The Morgan fingerprint density at radius 2 is 2.11 bits per heavy atom. The normalized spacial score (nSPS) is 10.1. The molecule has 4 nitrogen and oxygen atoms in total. The summed E-state index contributed by atoms with van der Waals surface area (Å²) in [5.41, 5.74) is 3.34. The minimum absolute atomic E-state index is 0.479. The average molecular weight is 241 g/mol. The molecule has 0 radical (unpaired) electrons. The molecule has 1 aromatic heterocycles. The lowest BCUT2D eigenvalue weighted by molar-refractivity contribution is 0.478. The van der Waals surface area contributed by atoms with Gasteiger partial charge in [0.2, 0.25) is 5.89 Å². The van der Waals surface area contributed by atoms with Gasteiger partial charge in [-0.05, 0) is 32.4 Å². The molecule has 0 aliphatic carbocycles. The van der Waals surface area contributed by atoms with Crippen molar-refractivity contribution in [1.29, 1.82) is 5.26 Å². The number of rotatable bonds is 3. The zero-order valence-corrected chi connectivity index (χ0v) is 10.7. The molecule has 2 aromatic rings. The second kappa shape index (κ2) is 4.92. The van der Waals surface area contributed by atoms with Crippen molar-refractivity contribution >= 4 is 5.69 Å². The molecule has 0 aliphatic rings. The monoisotopic (exact) mass is 241 g/mol. The van der Waals surface area contributed by atoms with Gasteiger partial charge in [0.25, 0.3) is 0 Å². The second-order valence-corrected chi connectivity index (χ2v) is 4.21. The van der Waals surface area contributed by atoms with Crippen molar-refractivity contribution in [3.63, 3.8) is 0 Å². The Morgan fingerprint density at radius 1 is 1.33 bits per heavy atom. The fraction of sp³-hybridized carbons (Fsp3) is 0.286. The molecule has 1 aromatic carbocycles. The van der Waals surface area contributed by atoms with E-state index in [1.165, 1.54) is 0 Å². The van der Waals surface area contributed by atoms with Gasteiger partial charge in [-0.1, -0.05) is 12.1 Å². The van der Waals surface area contributed by atoms with E-state index < -0.39 is 0 Å². The highest BCUT2D eigenvalue weighted by atomic mass is 16.4. The largest absolute Gasteiger partial charge is 0.444 e. The van der Waals surface area contributed by atoms with Crippen LogP contribution in [-0.4, -0.2) is 4.98 Å². The highest BCUT2D eigenvalue weighted by Crippen LogP contribution is 2.19. The number of oxazole rings is 1. The fourth-order valence-corrected chi connectivity index (χ4v) is 1.75. The quantitative estimate of drug-likeness (QED) is 0.897. The summed E-state index contributed by atoms with van der Waals surface area (Å²) in [5, 5.41) is 12.3. The number of hydrogen-bond donors (Lipinski definition) is 1. The molecule has 0 aliphatic heterocycles. The van der Waals surface area contributed by atoms with Gasteiger partial charge in [-0.15, -0.1) is 0 Å². The molecular weight excluding hydrogens is 226 g/mol. The number of benzene rings is 1. The molecule has 18 heavy (non-hydrogen) atoms. The van der Waals surface area contributed by atoms with Crippen LogP contribution in [0.4, 0.5) is 5.69 Å². The SMILES string of the molecule is Cc1cccc(NCc2nc(C)c(C)o2)c1C#N. The highest BCUT2D eigenvalue weighted by Gasteiger charge is 2.08. The van der Waals surface area contributed by atoms with Gasteiger partial charge < -0.3 is 9.73 Å². The van der Waals surface area contributed by atoms with Gasteiger partial charge in [-0.25, -0.2) is 4.98 Å². The van der Waals surface area contributed by atoms with Gasteiger partial charge in [0, 0.05) is 0 Å². The van der Waals surface area contributed by atoms with Crippen LogP contribution in [0.25, 0.3) is 0 Å². The Hall–Kier alpha value is -2.28. The summed E-state index contributed by atoms with van der Waals surface area (Å²) in [6.07, 6.45) is 0. The Balaban J connectivity index is 2.16. The summed E-state index contributed by atoms with van der Waals surface area (Å²) in [6, 6.07) is 7.93. The molecule has 0 amide bonds. The molecule has 0 bridgehead atoms. The third-order valence-electron chi connectivity index (χ3n) is 2.89. The Kier molecular flexibility index (Phi) is 3.33. The van der Waals surface area contributed by atoms with Crippen LogP contribution in [0.15, 0.2) is 22.6 Å². The van der Waals surface area contributed by atoms with Crippen molar-refractivity contribution in [1.82, 2.24) is 4.98 Å². The Labute approximate surface area is 106 Å². The van der Waals surface area contributed by atoms with Crippen LogP contribution in [-0.2, 0) is 6.54 Å². The lowest BCUT2D eigenvalue weighted by Crippen LogP contribution is -2.02. The Morgan fingerprint density at radius 3 is 2.72 bits per heavy atom. The first-order valence-corrected chi connectivity index (χ1v) is 5.78. The van der Waals surface area contributed by atoms with E-state index in [0.29, 0.717) is 18.0 Å². The van der Waals surface area contributed by atoms with E-state index in [-0.39, 0.29) is 0 Å². The number of aryl methyl sites for hydroxylation is 3. The van der Waals surface area contributed by atoms with Crippen molar-refractivity contribution < 1.29 is 4.42 Å². The summed E-state index contributed by atoms with van der Waals surface area (Å²) in [7, 11) is 0. The molecule has 0 atom stereocenters. The van der Waals surface area contributed by atoms with Crippen molar-refractivity contribution in [2.45, 2.75) is 27.3 Å². The number of nitrogens with zero attached hydrogens (tertiary/aromatic N) is 2. The minimum atomic E-state index is 0.479. The first-order valence-electron chi connectivity index (χ1n) is 5.78. The predicted molar refractivity (Wildman–Crippen MR) is 69.2 cm³/mol. The summed E-state index contributed by atoms with van der Waals surface area (Å²) in [6.45, 7) is 6.20. The van der Waals surface area contributed by atoms with Gasteiger partial charge in [0.1, 0.15) is 11.8 Å². The van der Waals surface area contributed by atoms with E-state index in [4.69, 9.17) is 9.68 Å². The van der Waals surface area contributed by atoms with E-state index in [9.17, 15) is 0 Å². The summed E-state index contributed by atoms with van der Waals surface area (Å²) < 4.78 is 5.48. The van der Waals surface area contributed by atoms with Crippen molar-refractivity contribution in [3.05, 3.63) is 46.7 Å². The number of aromatic nitrogens is 1. The third kappa shape index (κ3) is 2.35. The lowest BCUT2D eigenvalue weighted by atomic mass is 10.1. The zero-order valence-electron chi connectivity index (χ0n) is 10.7. The summed E-state index contributed by atoms with van der Waals surface area (Å²) in [5.74, 6) is 1.46. The van der Waals surface area contributed by atoms with E-state index >= 15 is 0 Å². The van der Waals surface area contributed by atoms with Crippen LogP contribution >= 0.6 is 0 Å². The number of nitrogens with one attached hydrogen (secondary N) is 1. The number of anilines is 1. The first kappa shape index (κ1) is 12.2. The van der Waals surface area contributed by atoms with Gasteiger partial charge in [-0.2, -0.15) is 5.26 Å². The second-order valence-electron chi connectivity index (χ2n) is 4.21. The summed E-state index contributed by atoms with van der Waals surface area (Å²) in [4.78, 5) is 4.29. The Bertz CT molecular complexity index is 588. The van der Waals surface area contributed by atoms with Crippen LogP contribution in [0.1, 0.15) is 28.5 Å². The molecule has 2 rings (SSSR count). The molecule has 4 heteroatoms. The van der Waals surface area contributed by atoms with Crippen LogP contribution in [0, 0.1) is 32.1 Å². The molecular formula is C14H15N3O. The van der Waals surface area contributed by atoms with Crippen LogP contribution in [0.3, 0.4) is 0 Å². The van der Waals surface area contributed by atoms with Gasteiger partial charge >= 0.3 is 0 Å². The zero-order chi connectivity index (χ0) is 13.1. The maximum absolute atomic E-state index is 9.12. The molecule has 1 heterocycles. The first-order chi connectivity index (χ1) is 8.61. The summed E-state index contributed by atoms with van der Waals surface area (Å²) >= 11 is 0. The molecule has 0 spiro atoms. The average Bonchev–Trinajstić information content (AvgIpc) is 2.66. The fourth-order valence-electron chi connectivity index (χ4n) is 1.75. The van der Waals surface area contributed by atoms with Gasteiger partial charge in [0.15, 0.2) is 0 Å². The van der Waals surface area contributed by atoms with Crippen molar-refractivity contribution in [2.75, 3.05) is 5.32 Å². The third-order valence-corrected chi connectivity index (χ3v) is 2.89. The van der Waals surface area contributed by atoms with E-state index in [0.717, 1.165) is 22.7 Å². The lowest BCUT2D eigenvalue weighted by Gasteiger charge is -2.07. The maximum Gasteiger partial charge on any atom is 0.213 e. The minimum Gasteiger partial charge on any atom is -0.444 e. The maximum atomic E-state index is 9.12. The van der Waals surface area contributed by atoms with Crippen LogP contribution < -0.4 is 5.32 Å². The molecule has 92 valence electrons. The van der Waals surface area contributed by atoms with Crippen LogP contribution in [0.5, 0.6) is 0 Å². The molecule has 1 N–H and O–H groups in total. The molecule has 0 saturated carbocycles. The topological polar surface area (TPSA) is 61.9 Å². The number of nitriles is 1. The van der Waals surface area contributed by atoms with Crippen molar-refractivity contribution in [2.24, 2.45) is 0 Å². The molecule has 0 fully saturated rings. The molecule has 0 saturated heterocycles. The standard InChI is InChI=1S/C14H15N3O/c1-9-5-4-6-13(12(9)7-15)16-8-14-17-10(2)11(3)18-14/h4-6,16H,8H2,1-3H3. The van der Waals surface area contributed by atoms with Crippen molar-refractivity contribution in [3.8, 4) is 6.07 Å². The number of hydrogen-bond acceptors (Lipinski definition) is 4. The van der Waals surface area contributed by atoms with Gasteiger partial charge in [-0.3, -0.25) is 0 Å². The van der Waals surface area contributed by atoms with Gasteiger partial charge in [0.05, 0.1) is 23.5 Å². The van der Waals surface area contributed by atoms with E-state index in [1.807, 2.05) is 39.0 Å². The van der Waals surface area contributed by atoms with Crippen LogP contribution in [0.2, 0.25) is 0 Å². The van der Waals surface area contributed by atoms with E-state index in [2.05, 4.69) is 16.4 Å². The smallest absolute Gasteiger partial charge is 0.213 e.